The molecule has 10 heteroatoms. The number of likely N-dealkylation sites (tertiary alicyclic amines) is 1. The Labute approximate surface area is 223 Å². The lowest BCUT2D eigenvalue weighted by molar-refractivity contribution is 0.127. The smallest absolute Gasteiger partial charge is 0.407 e. The summed E-state index contributed by atoms with van der Waals surface area (Å²) in [5.41, 5.74) is 2.34. The largest absolute Gasteiger partial charge is 0.465 e. The zero-order valence-electron chi connectivity index (χ0n) is 21.4. The zero-order chi connectivity index (χ0) is 26.5. The molecule has 2 aromatic carbocycles. The Hall–Kier alpha value is -3.24. The molecule has 2 aliphatic rings. The van der Waals surface area contributed by atoms with E-state index in [4.69, 9.17) is 4.52 Å². The Balaban J connectivity index is 1.29. The summed E-state index contributed by atoms with van der Waals surface area (Å²) in [7, 11) is -3.64. The number of rotatable bonds is 9. The summed E-state index contributed by atoms with van der Waals surface area (Å²) in [4.78, 5) is 17.2. The highest BCUT2D eigenvalue weighted by atomic mass is 32.2. The van der Waals surface area contributed by atoms with Gasteiger partial charge in [0.1, 0.15) is 6.04 Å². The summed E-state index contributed by atoms with van der Waals surface area (Å²) in [5, 5.41) is 13.4. The van der Waals surface area contributed by atoms with Crippen LogP contribution in [0.1, 0.15) is 60.5 Å². The lowest BCUT2D eigenvalue weighted by atomic mass is 9.96. The molecule has 0 saturated carbocycles. The van der Waals surface area contributed by atoms with E-state index in [2.05, 4.69) is 22.3 Å². The Morgan fingerprint density at radius 2 is 1.68 bits per heavy atom. The molecule has 5 rings (SSSR count). The molecule has 0 unspecified atom stereocenters. The van der Waals surface area contributed by atoms with Gasteiger partial charge in [-0.1, -0.05) is 65.8 Å². The molecule has 1 aromatic heterocycles. The fraction of sp³-hybridized carbons (Fsp3) is 0.464. The summed E-state index contributed by atoms with van der Waals surface area (Å²) in [6.07, 6.45) is 3.14. The summed E-state index contributed by atoms with van der Waals surface area (Å²) in [6, 6.07) is 19.7. The number of amides is 1. The standard InChI is InChI=1S/C28H34N4O5S/c33-28(34)31-16-14-22(15-17-31)20-38(35,36)32-19-24(23-11-5-2-6-12-23)18-25(32)27-29-26(30-37-27)13-7-10-21-8-3-1-4-9-21/h1-6,8-9,11-12,22,24-25H,7,10,13-20H2,(H,33,34)/t24-,25+/m1/s1. The predicted molar refractivity (Wildman–Crippen MR) is 142 cm³/mol. The SMILES string of the molecule is O=C(O)N1CCC(CS(=O)(=O)N2C[C@H](c3ccccc3)C[C@H]2c2nc(CCCc3ccccc3)no2)CC1. The van der Waals surface area contributed by atoms with E-state index in [-0.39, 0.29) is 17.6 Å². The minimum Gasteiger partial charge on any atom is -0.465 e. The third kappa shape index (κ3) is 6.24. The van der Waals surface area contributed by atoms with Gasteiger partial charge in [-0.25, -0.2) is 13.2 Å². The highest BCUT2D eigenvalue weighted by Gasteiger charge is 2.44. The Bertz CT molecular complexity index is 1310. The Kier molecular flexibility index (Phi) is 8.09. The van der Waals surface area contributed by atoms with Gasteiger partial charge in [0.25, 0.3) is 0 Å². The van der Waals surface area contributed by atoms with E-state index in [9.17, 15) is 18.3 Å². The van der Waals surface area contributed by atoms with Crippen LogP contribution in [0, 0.1) is 5.92 Å². The first-order valence-electron chi connectivity index (χ1n) is 13.3. The maximum atomic E-state index is 13.7. The number of carboxylic acid groups (broad SMARTS) is 1. The van der Waals surface area contributed by atoms with E-state index in [1.165, 1.54) is 10.5 Å². The minimum absolute atomic E-state index is 0.00343. The van der Waals surface area contributed by atoms with Crippen LogP contribution in [0.5, 0.6) is 0 Å². The molecule has 3 aromatic rings. The third-order valence-electron chi connectivity index (χ3n) is 7.69. The molecule has 2 atom stereocenters. The van der Waals surface area contributed by atoms with Crippen LogP contribution in [0.3, 0.4) is 0 Å². The molecule has 202 valence electrons. The number of hydrogen-bond acceptors (Lipinski definition) is 6. The van der Waals surface area contributed by atoms with Gasteiger partial charge in [-0.2, -0.15) is 9.29 Å². The van der Waals surface area contributed by atoms with Crippen molar-refractivity contribution in [2.45, 2.75) is 50.5 Å². The van der Waals surface area contributed by atoms with Gasteiger partial charge >= 0.3 is 6.09 Å². The van der Waals surface area contributed by atoms with E-state index in [0.717, 1.165) is 18.4 Å². The number of aromatic nitrogens is 2. The van der Waals surface area contributed by atoms with Crippen molar-refractivity contribution in [1.82, 2.24) is 19.3 Å². The molecular formula is C28H34N4O5S. The number of hydrogen-bond donors (Lipinski definition) is 1. The van der Waals surface area contributed by atoms with Crippen LogP contribution in [-0.4, -0.2) is 64.4 Å². The normalized spacial score (nSPS) is 21.1. The molecule has 0 radical (unpaired) electrons. The summed E-state index contributed by atoms with van der Waals surface area (Å²) in [6.45, 7) is 1.08. The summed E-state index contributed by atoms with van der Waals surface area (Å²) >= 11 is 0. The van der Waals surface area contributed by atoms with Gasteiger partial charge in [-0.3, -0.25) is 0 Å². The van der Waals surface area contributed by atoms with Crippen molar-refractivity contribution >= 4 is 16.1 Å². The maximum Gasteiger partial charge on any atom is 0.407 e. The quantitative estimate of drug-likeness (QED) is 0.426. The minimum atomic E-state index is -3.64. The molecule has 38 heavy (non-hydrogen) atoms. The van der Waals surface area contributed by atoms with Crippen LogP contribution in [0.2, 0.25) is 0 Å². The average Bonchev–Trinajstić information content (AvgIpc) is 3.58. The molecule has 0 spiro atoms. The van der Waals surface area contributed by atoms with E-state index < -0.39 is 22.2 Å². The van der Waals surface area contributed by atoms with Gasteiger partial charge in [0.05, 0.1) is 5.75 Å². The molecule has 3 heterocycles. The molecular weight excluding hydrogens is 504 g/mol. The second-order valence-electron chi connectivity index (χ2n) is 10.3. The summed E-state index contributed by atoms with van der Waals surface area (Å²) in [5.74, 6) is 0.887. The second kappa shape index (κ2) is 11.7. The average molecular weight is 539 g/mol. The molecule has 1 N–H and O–H groups in total. The van der Waals surface area contributed by atoms with Gasteiger partial charge in [-0.15, -0.1) is 0 Å². The van der Waals surface area contributed by atoms with Crippen molar-refractivity contribution in [3.8, 4) is 0 Å². The molecule has 2 aliphatic heterocycles. The maximum absolute atomic E-state index is 13.7. The molecule has 2 saturated heterocycles. The first kappa shape index (κ1) is 26.4. The van der Waals surface area contributed by atoms with Crippen molar-refractivity contribution in [2.75, 3.05) is 25.4 Å². The van der Waals surface area contributed by atoms with Crippen molar-refractivity contribution in [1.29, 1.82) is 0 Å². The lowest BCUT2D eigenvalue weighted by Crippen LogP contribution is -2.41. The van der Waals surface area contributed by atoms with E-state index in [1.807, 2.05) is 48.5 Å². The molecule has 9 nitrogen and oxygen atoms in total. The predicted octanol–water partition coefficient (Wildman–Crippen LogP) is 4.50. The van der Waals surface area contributed by atoms with E-state index in [0.29, 0.717) is 57.0 Å². The fourth-order valence-corrected chi connectivity index (χ4v) is 7.68. The van der Waals surface area contributed by atoms with E-state index >= 15 is 0 Å². The van der Waals surface area contributed by atoms with E-state index in [1.54, 1.807) is 4.31 Å². The highest BCUT2D eigenvalue weighted by Crippen LogP contribution is 2.42. The van der Waals surface area contributed by atoms with Gasteiger partial charge in [0, 0.05) is 26.1 Å². The van der Waals surface area contributed by atoms with Gasteiger partial charge in [0.2, 0.25) is 15.9 Å². The number of benzene rings is 2. The van der Waals surface area contributed by atoms with Crippen LogP contribution in [0.15, 0.2) is 65.2 Å². The molecule has 0 bridgehead atoms. The topological polar surface area (TPSA) is 117 Å². The Morgan fingerprint density at radius 3 is 2.37 bits per heavy atom. The fourth-order valence-electron chi connectivity index (χ4n) is 5.59. The highest BCUT2D eigenvalue weighted by molar-refractivity contribution is 7.89. The van der Waals surface area contributed by atoms with Gasteiger partial charge < -0.3 is 14.5 Å². The van der Waals surface area contributed by atoms with Crippen LogP contribution in [0.4, 0.5) is 4.79 Å². The van der Waals surface area contributed by atoms with Crippen molar-refractivity contribution < 1.29 is 22.8 Å². The molecule has 0 aliphatic carbocycles. The number of nitrogens with zero attached hydrogens (tertiary/aromatic N) is 4. The van der Waals surface area contributed by atoms with Gasteiger partial charge in [-0.05, 0) is 55.1 Å². The van der Waals surface area contributed by atoms with Crippen LogP contribution in [-0.2, 0) is 22.9 Å². The molecule has 2 fully saturated rings. The Morgan fingerprint density at radius 1 is 1.00 bits per heavy atom. The number of aryl methyl sites for hydroxylation is 2. The zero-order valence-corrected chi connectivity index (χ0v) is 22.2. The monoisotopic (exact) mass is 538 g/mol. The third-order valence-corrected chi connectivity index (χ3v) is 9.70. The first-order valence-corrected chi connectivity index (χ1v) is 14.9. The number of piperidine rings is 1. The lowest BCUT2D eigenvalue weighted by Gasteiger charge is -2.31. The summed E-state index contributed by atoms with van der Waals surface area (Å²) < 4.78 is 34.6. The number of sulfonamides is 1. The van der Waals surface area contributed by atoms with Crippen LogP contribution in [0.25, 0.3) is 0 Å². The van der Waals surface area contributed by atoms with Gasteiger partial charge in [0.15, 0.2) is 5.82 Å². The first-order chi connectivity index (χ1) is 18.4. The van der Waals surface area contributed by atoms with Crippen molar-refractivity contribution in [3.05, 3.63) is 83.5 Å². The number of carbonyl (C=O) groups is 1. The second-order valence-corrected chi connectivity index (χ2v) is 12.3. The van der Waals surface area contributed by atoms with Crippen LogP contribution >= 0.6 is 0 Å². The van der Waals surface area contributed by atoms with Crippen molar-refractivity contribution in [2.24, 2.45) is 5.92 Å². The van der Waals surface area contributed by atoms with Crippen LogP contribution < -0.4 is 0 Å². The van der Waals surface area contributed by atoms with Crippen molar-refractivity contribution in [3.63, 3.8) is 0 Å². The molecule has 1 amide bonds.